The Balaban J connectivity index is 2.16. The molecule has 17 heavy (non-hydrogen) atoms. The first-order valence-corrected chi connectivity index (χ1v) is 5.52. The van der Waals surface area contributed by atoms with Gasteiger partial charge in [-0.2, -0.15) is 5.10 Å². The van der Waals surface area contributed by atoms with Crippen LogP contribution in [0.15, 0.2) is 30.5 Å². The maximum Gasteiger partial charge on any atom is 0.239 e. The number of aromatic nitrogens is 2. The van der Waals surface area contributed by atoms with E-state index >= 15 is 0 Å². The molecule has 0 radical (unpaired) electrons. The molecule has 1 aromatic heterocycles. The lowest BCUT2D eigenvalue weighted by molar-refractivity contribution is -0.119. The van der Waals surface area contributed by atoms with Crippen LogP contribution in [-0.4, -0.2) is 29.2 Å². The molecule has 0 saturated heterocycles. The first kappa shape index (κ1) is 11.3. The summed E-state index contributed by atoms with van der Waals surface area (Å²) >= 11 is 0. The van der Waals surface area contributed by atoms with E-state index < -0.39 is 0 Å². The molecule has 5 heteroatoms. The summed E-state index contributed by atoms with van der Waals surface area (Å²) in [5, 5.41) is 15.6. The third-order valence-electron chi connectivity index (χ3n) is 2.36. The number of nitrogens with zero attached hydrogens (tertiary/aromatic N) is 2. The third kappa shape index (κ3) is 2.69. The van der Waals surface area contributed by atoms with Crippen LogP contribution in [0.3, 0.4) is 0 Å². The van der Waals surface area contributed by atoms with Crippen LogP contribution in [0.25, 0.3) is 10.8 Å². The van der Waals surface area contributed by atoms with Crippen LogP contribution >= 0.6 is 0 Å². The monoisotopic (exact) mass is 230 g/mol. The molecule has 0 unspecified atom stereocenters. The average Bonchev–Trinajstić information content (AvgIpc) is 2.36. The minimum Gasteiger partial charge on any atom is -0.359 e. The Morgan fingerprint density at radius 1 is 1.35 bits per heavy atom. The number of likely N-dealkylation sites (N-methyl/N-ethyl adjacent to an activating group) is 1. The number of hydrogen-bond donors (Lipinski definition) is 2. The van der Waals surface area contributed by atoms with Crippen LogP contribution in [0.5, 0.6) is 0 Å². The minimum absolute atomic E-state index is 0.0535. The summed E-state index contributed by atoms with van der Waals surface area (Å²) in [7, 11) is 0. The number of amides is 1. The lowest BCUT2D eigenvalue weighted by atomic mass is 10.2. The first-order chi connectivity index (χ1) is 8.31. The van der Waals surface area contributed by atoms with Crippen LogP contribution in [0.2, 0.25) is 0 Å². The van der Waals surface area contributed by atoms with Gasteiger partial charge >= 0.3 is 0 Å². The standard InChI is InChI=1S/C12H14N4O/c1-2-13-11(17)8-14-12-10-6-4-3-5-9(10)7-15-16-12/h3-7H,2,8H2,1H3,(H,13,17)(H,14,16). The highest BCUT2D eigenvalue weighted by molar-refractivity contribution is 5.92. The number of nitrogens with one attached hydrogen (secondary N) is 2. The Morgan fingerprint density at radius 3 is 3.00 bits per heavy atom. The average molecular weight is 230 g/mol. The van der Waals surface area contributed by atoms with Gasteiger partial charge in [0.05, 0.1) is 12.7 Å². The number of rotatable bonds is 4. The summed E-state index contributed by atoms with van der Waals surface area (Å²) in [6, 6.07) is 7.78. The van der Waals surface area contributed by atoms with Gasteiger partial charge in [0.25, 0.3) is 0 Å². The maximum atomic E-state index is 11.3. The first-order valence-electron chi connectivity index (χ1n) is 5.52. The summed E-state index contributed by atoms with van der Waals surface area (Å²) in [4.78, 5) is 11.3. The van der Waals surface area contributed by atoms with Crippen LogP contribution < -0.4 is 10.6 Å². The molecular formula is C12H14N4O. The zero-order valence-corrected chi connectivity index (χ0v) is 9.60. The van der Waals surface area contributed by atoms with Crippen molar-refractivity contribution in [1.82, 2.24) is 15.5 Å². The predicted octanol–water partition coefficient (Wildman–Crippen LogP) is 1.18. The normalized spacial score (nSPS) is 10.2. The Bertz CT molecular complexity index is 521. The van der Waals surface area contributed by atoms with Gasteiger partial charge in [-0.3, -0.25) is 4.79 Å². The Hall–Kier alpha value is -2.17. The molecule has 88 valence electrons. The fraction of sp³-hybridized carbons (Fsp3) is 0.250. The van der Waals surface area contributed by atoms with E-state index in [0.29, 0.717) is 12.4 Å². The summed E-state index contributed by atoms with van der Waals surface area (Å²) in [6.45, 7) is 2.72. The van der Waals surface area contributed by atoms with E-state index in [1.54, 1.807) is 6.20 Å². The molecule has 0 aliphatic heterocycles. The number of carbonyl (C=O) groups excluding carboxylic acids is 1. The SMILES string of the molecule is CCNC(=O)CNc1nncc2ccccc12. The predicted molar refractivity (Wildman–Crippen MR) is 66.7 cm³/mol. The van der Waals surface area contributed by atoms with E-state index in [2.05, 4.69) is 20.8 Å². The fourth-order valence-electron chi connectivity index (χ4n) is 1.58. The molecule has 1 heterocycles. The van der Waals surface area contributed by atoms with E-state index in [-0.39, 0.29) is 12.5 Å². The van der Waals surface area contributed by atoms with Crippen molar-refractivity contribution in [2.75, 3.05) is 18.4 Å². The van der Waals surface area contributed by atoms with Gasteiger partial charge in [-0.25, -0.2) is 0 Å². The van der Waals surface area contributed by atoms with Crippen LogP contribution in [-0.2, 0) is 4.79 Å². The second-order valence-electron chi connectivity index (χ2n) is 3.59. The van der Waals surface area contributed by atoms with Crippen LogP contribution in [0.4, 0.5) is 5.82 Å². The Labute approximate surface area is 99.2 Å². The summed E-state index contributed by atoms with van der Waals surface area (Å²) in [5.41, 5.74) is 0. The van der Waals surface area contributed by atoms with Gasteiger partial charge in [0.1, 0.15) is 0 Å². The molecule has 2 rings (SSSR count). The molecule has 5 nitrogen and oxygen atoms in total. The van der Waals surface area contributed by atoms with E-state index in [1.807, 2.05) is 31.2 Å². The van der Waals surface area contributed by atoms with Gasteiger partial charge in [0, 0.05) is 17.3 Å². The molecule has 1 amide bonds. The van der Waals surface area contributed by atoms with Gasteiger partial charge in [-0.15, -0.1) is 5.10 Å². The summed E-state index contributed by atoms with van der Waals surface area (Å²) in [6.07, 6.45) is 1.70. The van der Waals surface area contributed by atoms with E-state index in [9.17, 15) is 4.79 Å². The molecule has 0 fully saturated rings. The molecule has 1 aromatic carbocycles. The molecule has 0 spiro atoms. The second kappa shape index (κ2) is 5.25. The topological polar surface area (TPSA) is 66.9 Å². The van der Waals surface area contributed by atoms with E-state index in [4.69, 9.17) is 0 Å². The molecule has 0 aliphatic carbocycles. The van der Waals surface area contributed by atoms with Gasteiger partial charge in [-0.1, -0.05) is 24.3 Å². The second-order valence-corrected chi connectivity index (χ2v) is 3.59. The number of hydrogen-bond acceptors (Lipinski definition) is 4. The van der Waals surface area contributed by atoms with Crippen molar-refractivity contribution in [3.8, 4) is 0 Å². The van der Waals surface area contributed by atoms with E-state index in [0.717, 1.165) is 10.8 Å². The van der Waals surface area contributed by atoms with Gasteiger partial charge in [0.15, 0.2) is 5.82 Å². The van der Waals surface area contributed by atoms with E-state index in [1.165, 1.54) is 0 Å². The van der Waals surface area contributed by atoms with Gasteiger partial charge in [0.2, 0.25) is 5.91 Å². The quantitative estimate of drug-likeness (QED) is 0.827. The van der Waals surface area contributed by atoms with Crippen molar-refractivity contribution in [2.45, 2.75) is 6.92 Å². The molecule has 0 saturated carbocycles. The maximum absolute atomic E-state index is 11.3. The molecular weight excluding hydrogens is 216 g/mol. The number of fused-ring (bicyclic) bond motifs is 1. The lowest BCUT2D eigenvalue weighted by Crippen LogP contribution is -2.29. The van der Waals surface area contributed by atoms with Crippen LogP contribution in [0.1, 0.15) is 6.92 Å². The van der Waals surface area contributed by atoms with Crippen LogP contribution in [0, 0.1) is 0 Å². The van der Waals surface area contributed by atoms with Gasteiger partial charge < -0.3 is 10.6 Å². The summed E-state index contributed by atoms with van der Waals surface area (Å²) < 4.78 is 0. The smallest absolute Gasteiger partial charge is 0.239 e. The molecule has 0 atom stereocenters. The van der Waals surface area contributed by atoms with Crippen molar-refractivity contribution < 1.29 is 4.79 Å². The lowest BCUT2D eigenvalue weighted by Gasteiger charge is -2.07. The highest BCUT2D eigenvalue weighted by Gasteiger charge is 2.04. The zero-order valence-electron chi connectivity index (χ0n) is 9.60. The number of anilines is 1. The molecule has 2 aromatic rings. The summed E-state index contributed by atoms with van der Waals surface area (Å²) in [5.74, 6) is 0.580. The largest absolute Gasteiger partial charge is 0.359 e. The van der Waals surface area contributed by atoms with Crippen molar-refractivity contribution in [1.29, 1.82) is 0 Å². The number of carbonyl (C=O) groups is 1. The molecule has 0 aliphatic rings. The molecule has 0 bridgehead atoms. The van der Waals surface area contributed by atoms with Crippen molar-refractivity contribution in [2.24, 2.45) is 0 Å². The van der Waals surface area contributed by atoms with Crippen molar-refractivity contribution in [3.63, 3.8) is 0 Å². The Kier molecular flexibility index (Phi) is 3.49. The zero-order chi connectivity index (χ0) is 12.1. The highest BCUT2D eigenvalue weighted by Crippen LogP contribution is 2.18. The number of benzene rings is 1. The Morgan fingerprint density at radius 2 is 2.18 bits per heavy atom. The van der Waals surface area contributed by atoms with Gasteiger partial charge in [-0.05, 0) is 6.92 Å². The molecule has 2 N–H and O–H groups in total. The van der Waals surface area contributed by atoms with Crippen molar-refractivity contribution >= 4 is 22.5 Å². The highest BCUT2D eigenvalue weighted by atomic mass is 16.1. The fourth-order valence-corrected chi connectivity index (χ4v) is 1.58. The minimum atomic E-state index is -0.0535. The van der Waals surface area contributed by atoms with Crippen molar-refractivity contribution in [3.05, 3.63) is 30.5 Å². The third-order valence-corrected chi connectivity index (χ3v) is 2.36.